The van der Waals surface area contributed by atoms with Crippen LogP contribution in [0.3, 0.4) is 0 Å². The van der Waals surface area contributed by atoms with E-state index >= 15 is 0 Å². The van der Waals surface area contributed by atoms with Gasteiger partial charge in [0.15, 0.2) is 0 Å². The number of hydrogen-bond acceptors (Lipinski definition) is 4. The van der Waals surface area contributed by atoms with Crippen molar-refractivity contribution in [1.82, 2.24) is 20.4 Å². The van der Waals surface area contributed by atoms with Gasteiger partial charge in [-0.3, -0.25) is 9.48 Å². The summed E-state index contributed by atoms with van der Waals surface area (Å²) >= 11 is 0. The summed E-state index contributed by atoms with van der Waals surface area (Å²) in [5.41, 5.74) is 1.42. The van der Waals surface area contributed by atoms with Gasteiger partial charge in [0.25, 0.3) is 5.91 Å². The fourth-order valence-electron chi connectivity index (χ4n) is 1.59. The molecule has 102 valence electrons. The first-order chi connectivity index (χ1) is 8.69. The molecule has 1 heterocycles. The van der Waals surface area contributed by atoms with E-state index in [-0.39, 0.29) is 5.91 Å². The Balaban J connectivity index is 2.59. The molecular formula is C12H22N4O2. The topological polar surface area (TPSA) is 68.2 Å². The van der Waals surface area contributed by atoms with Crippen LogP contribution in [0.1, 0.15) is 23.1 Å². The molecule has 0 radical (unpaired) electrons. The Labute approximate surface area is 108 Å². The van der Waals surface area contributed by atoms with Crippen molar-refractivity contribution >= 4 is 5.91 Å². The van der Waals surface area contributed by atoms with Gasteiger partial charge in [-0.15, -0.1) is 0 Å². The fraction of sp³-hybridized carbons (Fsp3) is 0.667. The third-order valence-electron chi connectivity index (χ3n) is 2.45. The van der Waals surface area contributed by atoms with Crippen LogP contribution in [-0.4, -0.2) is 49.0 Å². The molecule has 0 fully saturated rings. The highest BCUT2D eigenvalue weighted by molar-refractivity contribution is 5.92. The van der Waals surface area contributed by atoms with Gasteiger partial charge in [-0.25, -0.2) is 0 Å². The lowest BCUT2D eigenvalue weighted by Gasteiger charge is -2.08. The van der Waals surface area contributed by atoms with Crippen LogP contribution in [0, 0.1) is 6.92 Å². The van der Waals surface area contributed by atoms with Crippen molar-refractivity contribution in [3.05, 3.63) is 17.5 Å². The SMILES string of the molecule is CCOCCn1nc(C)cc1C(=O)NCCNC. The Morgan fingerprint density at radius 3 is 2.94 bits per heavy atom. The molecule has 6 nitrogen and oxygen atoms in total. The Bertz CT molecular complexity index is 376. The molecule has 0 bridgehead atoms. The van der Waals surface area contributed by atoms with Gasteiger partial charge in [0, 0.05) is 19.7 Å². The molecule has 0 saturated heterocycles. The summed E-state index contributed by atoms with van der Waals surface area (Å²) in [4.78, 5) is 11.9. The first-order valence-corrected chi connectivity index (χ1v) is 6.24. The van der Waals surface area contributed by atoms with Crippen LogP contribution in [0.5, 0.6) is 0 Å². The minimum atomic E-state index is -0.0950. The van der Waals surface area contributed by atoms with E-state index in [0.717, 1.165) is 12.2 Å². The number of ether oxygens (including phenoxy) is 1. The second-order valence-electron chi connectivity index (χ2n) is 3.95. The Kier molecular flexibility index (Phi) is 6.38. The zero-order valence-electron chi connectivity index (χ0n) is 11.3. The van der Waals surface area contributed by atoms with E-state index in [1.165, 1.54) is 0 Å². The first kappa shape index (κ1) is 14.7. The normalized spacial score (nSPS) is 10.6. The van der Waals surface area contributed by atoms with Gasteiger partial charge in [-0.05, 0) is 27.0 Å². The second kappa shape index (κ2) is 7.84. The average Bonchev–Trinajstić information content (AvgIpc) is 2.71. The van der Waals surface area contributed by atoms with Crippen LogP contribution in [0.25, 0.3) is 0 Å². The van der Waals surface area contributed by atoms with Gasteiger partial charge in [-0.1, -0.05) is 0 Å². The van der Waals surface area contributed by atoms with Gasteiger partial charge in [-0.2, -0.15) is 5.10 Å². The van der Waals surface area contributed by atoms with E-state index in [0.29, 0.717) is 32.0 Å². The highest BCUT2D eigenvalue weighted by atomic mass is 16.5. The quantitative estimate of drug-likeness (QED) is 0.649. The maximum Gasteiger partial charge on any atom is 0.269 e. The van der Waals surface area contributed by atoms with Crippen molar-refractivity contribution in [2.24, 2.45) is 0 Å². The third-order valence-corrected chi connectivity index (χ3v) is 2.45. The lowest BCUT2D eigenvalue weighted by atomic mass is 10.3. The molecule has 0 spiro atoms. The van der Waals surface area contributed by atoms with Crippen LogP contribution in [0.2, 0.25) is 0 Å². The molecule has 0 unspecified atom stereocenters. The number of aromatic nitrogens is 2. The van der Waals surface area contributed by atoms with E-state index in [2.05, 4.69) is 15.7 Å². The average molecular weight is 254 g/mol. The van der Waals surface area contributed by atoms with E-state index in [1.807, 2.05) is 20.9 Å². The minimum Gasteiger partial charge on any atom is -0.380 e. The van der Waals surface area contributed by atoms with Gasteiger partial charge < -0.3 is 15.4 Å². The number of likely N-dealkylation sites (N-methyl/N-ethyl adjacent to an activating group) is 1. The maximum absolute atomic E-state index is 11.9. The van der Waals surface area contributed by atoms with Gasteiger partial charge in [0.1, 0.15) is 5.69 Å². The van der Waals surface area contributed by atoms with Crippen molar-refractivity contribution < 1.29 is 9.53 Å². The Morgan fingerprint density at radius 1 is 1.50 bits per heavy atom. The van der Waals surface area contributed by atoms with Crippen molar-refractivity contribution in [2.75, 3.05) is 33.4 Å². The van der Waals surface area contributed by atoms with E-state index in [4.69, 9.17) is 4.74 Å². The predicted molar refractivity (Wildman–Crippen MR) is 69.7 cm³/mol. The molecule has 1 aromatic heterocycles. The van der Waals surface area contributed by atoms with Crippen molar-refractivity contribution in [3.8, 4) is 0 Å². The third kappa shape index (κ3) is 4.46. The number of aryl methyl sites for hydroxylation is 1. The zero-order chi connectivity index (χ0) is 13.4. The predicted octanol–water partition coefficient (Wildman–Crippen LogP) is 0.177. The van der Waals surface area contributed by atoms with E-state index in [1.54, 1.807) is 10.7 Å². The maximum atomic E-state index is 11.9. The lowest BCUT2D eigenvalue weighted by molar-refractivity contribution is 0.0936. The number of nitrogens with one attached hydrogen (secondary N) is 2. The highest BCUT2D eigenvalue weighted by Gasteiger charge is 2.13. The Morgan fingerprint density at radius 2 is 2.28 bits per heavy atom. The zero-order valence-corrected chi connectivity index (χ0v) is 11.3. The summed E-state index contributed by atoms with van der Waals surface area (Å²) in [5.74, 6) is -0.0950. The fourth-order valence-corrected chi connectivity index (χ4v) is 1.59. The molecule has 0 aliphatic rings. The molecule has 6 heteroatoms. The summed E-state index contributed by atoms with van der Waals surface area (Å²) in [6.45, 7) is 7.00. The molecule has 0 saturated carbocycles. The lowest BCUT2D eigenvalue weighted by Crippen LogP contribution is -2.32. The minimum absolute atomic E-state index is 0.0950. The monoisotopic (exact) mass is 254 g/mol. The number of hydrogen-bond donors (Lipinski definition) is 2. The van der Waals surface area contributed by atoms with Crippen molar-refractivity contribution in [3.63, 3.8) is 0 Å². The number of carbonyl (C=O) groups is 1. The van der Waals surface area contributed by atoms with Crippen molar-refractivity contribution in [1.29, 1.82) is 0 Å². The molecule has 0 aliphatic carbocycles. The van der Waals surface area contributed by atoms with Crippen LogP contribution in [-0.2, 0) is 11.3 Å². The molecule has 18 heavy (non-hydrogen) atoms. The van der Waals surface area contributed by atoms with E-state index in [9.17, 15) is 4.79 Å². The number of amides is 1. The smallest absolute Gasteiger partial charge is 0.269 e. The highest BCUT2D eigenvalue weighted by Crippen LogP contribution is 2.03. The molecular weight excluding hydrogens is 232 g/mol. The first-order valence-electron chi connectivity index (χ1n) is 6.24. The number of nitrogens with zero attached hydrogens (tertiary/aromatic N) is 2. The van der Waals surface area contributed by atoms with Gasteiger partial charge >= 0.3 is 0 Å². The Hall–Kier alpha value is -1.40. The molecule has 2 N–H and O–H groups in total. The summed E-state index contributed by atoms with van der Waals surface area (Å²) < 4.78 is 6.97. The van der Waals surface area contributed by atoms with Gasteiger partial charge in [0.2, 0.25) is 0 Å². The van der Waals surface area contributed by atoms with Crippen LogP contribution < -0.4 is 10.6 Å². The molecule has 1 aromatic rings. The summed E-state index contributed by atoms with van der Waals surface area (Å²) in [6, 6.07) is 1.79. The summed E-state index contributed by atoms with van der Waals surface area (Å²) in [6.07, 6.45) is 0. The number of carbonyl (C=O) groups excluding carboxylic acids is 1. The molecule has 1 amide bonds. The summed E-state index contributed by atoms with van der Waals surface area (Å²) in [5, 5.41) is 10.1. The van der Waals surface area contributed by atoms with E-state index < -0.39 is 0 Å². The molecule has 0 aliphatic heterocycles. The largest absolute Gasteiger partial charge is 0.380 e. The van der Waals surface area contributed by atoms with Crippen LogP contribution in [0.4, 0.5) is 0 Å². The van der Waals surface area contributed by atoms with Crippen molar-refractivity contribution in [2.45, 2.75) is 20.4 Å². The van der Waals surface area contributed by atoms with Crippen LogP contribution >= 0.6 is 0 Å². The van der Waals surface area contributed by atoms with Crippen LogP contribution in [0.15, 0.2) is 6.07 Å². The molecule has 0 aromatic carbocycles. The standard InChI is InChI=1S/C12H22N4O2/c1-4-18-8-7-16-11(9-10(2)15-16)12(17)14-6-5-13-3/h9,13H,4-8H2,1-3H3,(H,14,17). The second-order valence-corrected chi connectivity index (χ2v) is 3.95. The molecule has 1 rings (SSSR count). The number of rotatable bonds is 8. The summed E-state index contributed by atoms with van der Waals surface area (Å²) in [7, 11) is 1.85. The molecule has 0 atom stereocenters. The van der Waals surface area contributed by atoms with Gasteiger partial charge in [0.05, 0.1) is 18.8 Å².